The Bertz CT molecular complexity index is 734. The standard InChI is InChI=1S/C18H19F3N2O2.ClH/c1-12-2-7-15(22)8-16(12)17(24)23-9-13-3-5-14(6-4-13)10-25-11-18(19,20)21;/h2-8H,9-11,22H2,1H3,(H,23,24);1H. The van der Waals surface area contributed by atoms with Gasteiger partial charge in [0.25, 0.3) is 5.91 Å². The molecule has 0 aliphatic rings. The Labute approximate surface area is 155 Å². The van der Waals surface area contributed by atoms with Gasteiger partial charge in [0.1, 0.15) is 6.61 Å². The number of rotatable bonds is 6. The summed E-state index contributed by atoms with van der Waals surface area (Å²) in [6.07, 6.45) is -4.33. The van der Waals surface area contributed by atoms with Crippen LogP contribution in [-0.2, 0) is 17.9 Å². The normalized spacial score (nSPS) is 10.9. The van der Waals surface area contributed by atoms with Gasteiger partial charge in [0.05, 0.1) is 6.61 Å². The fourth-order valence-corrected chi connectivity index (χ4v) is 2.20. The van der Waals surface area contributed by atoms with E-state index in [1.165, 1.54) is 0 Å². The van der Waals surface area contributed by atoms with Gasteiger partial charge in [-0.1, -0.05) is 30.3 Å². The van der Waals surface area contributed by atoms with Crippen LogP contribution in [0.15, 0.2) is 42.5 Å². The van der Waals surface area contributed by atoms with Gasteiger partial charge in [-0.25, -0.2) is 0 Å². The van der Waals surface area contributed by atoms with Crippen LogP contribution in [0.1, 0.15) is 27.0 Å². The van der Waals surface area contributed by atoms with E-state index in [1.54, 1.807) is 42.5 Å². The number of carbonyl (C=O) groups is 1. The fraction of sp³-hybridized carbons (Fsp3) is 0.278. The van der Waals surface area contributed by atoms with Gasteiger partial charge in [0.2, 0.25) is 0 Å². The van der Waals surface area contributed by atoms with Gasteiger partial charge in [0, 0.05) is 17.8 Å². The topological polar surface area (TPSA) is 64.4 Å². The maximum absolute atomic E-state index is 12.2. The van der Waals surface area contributed by atoms with Crippen molar-refractivity contribution in [3.8, 4) is 0 Å². The molecule has 0 bridgehead atoms. The van der Waals surface area contributed by atoms with E-state index in [-0.39, 0.29) is 24.9 Å². The predicted molar refractivity (Wildman–Crippen MR) is 96.2 cm³/mol. The lowest BCUT2D eigenvalue weighted by Gasteiger charge is -2.10. The van der Waals surface area contributed by atoms with E-state index >= 15 is 0 Å². The molecule has 2 aromatic carbocycles. The van der Waals surface area contributed by atoms with Crippen molar-refractivity contribution in [1.82, 2.24) is 5.32 Å². The summed E-state index contributed by atoms with van der Waals surface area (Å²) in [7, 11) is 0. The predicted octanol–water partition coefficient (Wildman–Crippen LogP) is 4.01. The third kappa shape index (κ3) is 6.93. The van der Waals surface area contributed by atoms with Gasteiger partial charge >= 0.3 is 6.18 Å². The van der Waals surface area contributed by atoms with Crippen molar-refractivity contribution in [3.05, 3.63) is 64.7 Å². The number of nitrogen functional groups attached to an aromatic ring is 1. The van der Waals surface area contributed by atoms with Crippen LogP contribution in [0.25, 0.3) is 0 Å². The zero-order chi connectivity index (χ0) is 18.4. The number of aryl methyl sites for hydroxylation is 1. The van der Waals surface area contributed by atoms with E-state index < -0.39 is 12.8 Å². The van der Waals surface area contributed by atoms with Crippen LogP contribution < -0.4 is 11.1 Å². The number of hydrogen-bond donors (Lipinski definition) is 2. The number of ether oxygens (including phenoxy) is 1. The van der Waals surface area contributed by atoms with Crippen molar-refractivity contribution in [2.45, 2.75) is 26.3 Å². The number of halogens is 4. The van der Waals surface area contributed by atoms with Gasteiger partial charge in [-0.15, -0.1) is 12.4 Å². The Hall–Kier alpha value is -2.25. The molecule has 8 heteroatoms. The van der Waals surface area contributed by atoms with E-state index in [1.807, 2.05) is 6.92 Å². The lowest BCUT2D eigenvalue weighted by Crippen LogP contribution is -2.23. The molecular weight excluding hydrogens is 369 g/mol. The first-order chi connectivity index (χ1) is 11.7. The Morgan fingerprint density at radius 1 is 1.12 bits per heavy atom. The highest BCUT2D eigenvalue weighted by molar-refractivity contribution is 5.96. The average Bonchev–Trinajstić information content (AvgIpc) is 2.55. The summed E-state index contributed by atoms with van der Waals surface area (Å²) in [6, 6.07) is 11.9. The number of alkyl halides is 3. The molecule has 0 saturated heterocycles. The van der Waals surface area contributed by atoms with Crippen molar-refractivity contribution < 1.29 is 22.7 Å². The first kappa shape index (κ1) is 21.8. The number of carbonyl (C=O) groups excluding carboxylic acids is 1. The maximum atomic E-state index is 12.2. The molecule has 2 rings (SSSR count). The van der Waals surface area contributed by atoms with Crippen LogP contribution in [0, 0.1) is 6.92 Å². The van der Waals surface area contributed by atoms with Crippen LogP contribution >= 0.6 is 12.4 Å². The van der Waals surface area contributed by atoms with E-state index in [9.17, 15) is 18.0 Å². The minimum Gasteiger partial charge on any atom is -0.399 e. The van der Waals surface area contributed by atoms with Crippen LogP contribution in [0.4, 0.5) is 18.9 Å². The quantitative estimate of drug-likeness (QED) is 0.735. The largest absolute Gasteiger partial charge is 0.411 e. The fourth-order valence-electron chi connectivity index (χ4n) is 2.20. The van der Waals surface area contributed by atoms with Crippen LogP contribution in [-0.4, -0.2) is 18.7 Å². The Balaban J connectivity index is 0.00000338. The Kier molecular flexibility index (Phi) is 7.92. The van der Waals surface area contributed by atoms with Crippen LogP contribution in [0.3, 0.4) is 0 Å². The van der Waals surface area contributed by atoms with Crippen molar-refractivity contribution in [2.24, 2.45) is 0 Å². The van der Waals surface area contributed by atoms with Crippen molar-refractivity contribution >= 4 is 24.0 Å². The number of hydrogen-bond acceptors (Lipinski definition) is 3. The summed E-state index contributed by atoms with van der Waals surface area (Å²) >= 11 is 0. The first-order valence-corrected chi connectivity index (χ1v) is 7.61. The van der Waals surface area contributed by atoms with E-state index in [2.05, 4.69) is 10.1 Å². The number of nitrogens with two attached hydrogens (primary N) is 1. The second kappa shape index (κ2) is 9.45. The Morgan fingerprint density at radius 2 is 1.73 bits per heavy atom. The van der Waals surface area contributed by atoms with E-state index in [0.29, 0.717) is 23.4 Å². The molecule has 0 aromatic heterocycles. The highest BCUT2D eigenvalue weighted by atomic mass is 35.5. The van der Waals surface area contributed by atoms with E-state index in [4.69, 9.17) is 5.73 Å². The molecule has 0 radical (unpaired) electrons. The molecule has 0 aliphatic carbocycles. The molecule has 2 aromatic rings. The molecule has 0 saturated carbocycles. The number of nitrogens with one attached hydrogen (secondary N) is 1. The molecule has 0 fully saturated rings. The minimum absolute atomic E-state index is 0. The molecule has 142 valence electrons. The lowest BCUT2D eigenvalue weighted by atomic mass is 10.1. The summed E-state index contributed by atoms with van der Waals surface area (Å²) in [4.78, 5) is 12.2. The number of amides is 1. The van der Waals surface area contributed by atoms with Gasteiger partial charge in [-0.2, -0.15) is 13.2 Å². The molecule has 0 spiro atoms. The molecule has 0 atom stereocenters. The molecular formula is C18H20ClF3N2O2. The molecule has 1 amide bonds. The summed E-state index contributed by atoms with van der Waals surface area (Å²) in [5.74, 6) is -0.234. The molecule has 0 unspecified atom stereocenters. The SMILES string of the molecule is Cc1ccc(N)cc1C(=O)NCc1ccc(COCC(F)(F)F)cc1.Cl. The van der Waals surface area contributed by atoms with Gasteiger partial charge < -0.3 is 15.8 Å². The number of anilines is 1. The lowest BCUT2D eigenvalue weighted by molar-refractivity contribution is -0.176. The summed E-state index contributed by atoms with van der Waals surface area (Å²) in [6.45, 7) is 0.736. The molecule has 0 heterocycles. The van der Waals surface area contributed by atoms with Gasteiger partial charge in [-0.05, 0) is 35.7 Å². The molecule has 26 heavy (non-hydrogen) atoms. The second-order valence-electron chi connectivity index (χ2n) is 5.68. The summed E-state index contributed by atoms with van der Waals surface area (Å²) < 4.78 is 40.7. The first-order valence-electron chi connectivity index (χ1n) is 7.61. The number of benzene rings is 2. The molecule has 0 aliphatic heterocycles. The zero-order valence-electron chi connectivity index (χ0n) is 14.1. The van der Waals surface area contributed by atoms with Crippen molar-refractivity contribution in [1.29, 1.82) is 0 Å². The monoisotopic (exact) mass is 388 g/mol. The highest BCUT2D eigenvalue weighted by Gasteiger charge is 2.27. The van der Waals surface area contributed by atoms with Crippen molar-refractivity contribution in [3.63, 3.8) is 0 Å². The van der Waals surface area contributed by atoms with Crippen LogP contribution in [0.2, 0.25) is 0 Å². The van der Waals surface area contributed by atoms with Crippen LogP contribution in [0.5, 0.6) is 0 Å². The summed E-state index contributed by atoms with van der Waals surface area (Å²) in [5, 5.41) is 2.79. The smallest absolute Gasteiger partial charge is 0.399 e. The maximum Gasteiger partial charge on any atom is 0.411 e. The second-order valence-corrected chi connectivity index (χ2v) is 5.68. The average molecular weight is 389 g/mol. The van der Waals surface area contributed by atoms with Gasteiger partial charge in [-0.3, -0.25) is 4.79 Å². The highest BCUT2D eigenvalue weighted by Crippen LogP contribution is 2.16. The molecule has 3 N–H and O–H groups in total. The minimum atomic E-state index is -4.33. The van der Waals surface area contributed by atoms with Crippen molar-refractivity contribution in [2.75, 3.05) is 12.3 Å². The summed E-state index contributed by atoms with van der Waals surface area (Å²) in [5.41, 5.74) is 9.00. The third-order valence-electron chi connectivity index (χ3n) is 3.52. The Morgan fingerprint density at radius 3 is 2.35 bits per heavy atom. The van der Waals surface area contributed by atoms with Gasteiger partial charge in [0.15, 0.2) is 0 Å². The molecule has 4 nitrogen and oxygen atoms in total. The van der Waals surface area contributed by atoms with E-state index in [0.717, 1.165) is 11.1 Å². The third-order valence-corrected chi connectivity index (χ3v) is 3.52. The zero-order valence-corrected chi connectivity index (χ0v) is 14.9.